The summed E-state index contributed by atoms with van der Waals surface area (Å²) < 4.78 is 16.9. The number of aromatic carboxylic acids is 1. The molecule has 4 N–H and O–H groups in total. The molecular formula is C41H48Cl2N3NaO11. The minimum absolute atomic E-state index is 0. The fourth-order valence-corrected chi connectivity index (χ4v) is 6.37. The number of carbonyl (C=O) groups excluding carboxylic acids is 6. The van der Waals surface area contributed by atoms with Gasteiger partial charge in [0.05, 0.1) is 38.9 Å². The number of esters is 3. The van der Waals surface area contributed by atoms with Crippen molar-refractivity contribution < 1.29 is 82.7 Å². The van der Waals surface area contributed by atoms with E-state index in [2.05, 4.69) is 16.0 Å². The molecule has 308 valence electrons. The van der Waals surface area contributed by atoms with Gasteiger partial charge in [0.2, 0.25) is 6.41 Å². The van der Waals surface area contributed by atoms with Crippen LogP contribution in [-0.2, 0) is 33.4 Å². The molecule has 0 aliphatic carbocycles. The van der Waals surface area contributed by atoms with Crippen LogP contribution in [-0.4, -0.2) is 65.7 Å². The number of unbranched alkanes of at least 4 members (excludes halogenated alkanes) is 2. The summed E-state index contributed by atoms with van der Waals surface area (Å²) in [6.45, 7) is 10.5. The summed E-state index contributed by atoms with van der Waals surface area (Å²) in [5.74, 6) is -5.54. The number of amides is 2. The Balaban J connectivity index is 0.000000484. The van der Waals surface area contributed by atoms with E-state index < -0.39 is 65.8 Å². The summed E-state index contributed by atoms with van der Waals surface area (Å²) in [5.41, 5.74) is 1.55. The minimum atomic E-state index is -1.42. The molecule has 0 spiro atoms. The number of aromatic hydroxyl groups is 1. The van der Waals surface area contributed by atoms with Gasteiger partial charge in [0.25, 0.3) is 5.91 Å². The summed E-state index contributed by atoms with van der Waals surface area (Å²) in [6, 6.07) is 12.6. The zero-order valence-corrected chi connectivity index (χ0v) is 37.1. The largest absolute Gasteiger partial charge is 1.00 e. The van der Waals surface area contributed by atoms with E-state index >= 15 is 0 Å². The zero-order chi connectivity index (χ0) is 42.4. The molecular weight excluding hydrogens is 804 g/mol. The molecule has 14 nitrogen and oxygen atoms in total. The fraction of sp³-hybridized carbons (Fsp3) is 0.415. The van der Waals surface area contributed by atoms with Gasteiger partial charge >= 0.3 is 47.5 Å². The molecule has 1 aliphatic rings. The van der Waals surface area contributed by atoms with Gasteiger partial charge in [0.1, 0.15) is 12.2 Å². The van der Waals surface area contributed by atoms with E-state index in [1.807, 2.05) is 27.7 Å². The number of benzene rings is 3. The molecule has 1 heterocycles. The van der Waals surface area contributed by atoms with Crippen molar-refractivity contribution in [2.75, 3.05) is 10.6 Å². The van der Waals surface area contributed by atoms with Crippen LogP contribution >= 0.6 is 23.2 Å². The van der Waals surface area contributed by atoms with E-state index in [0.29, 0.717) is 40.7 Å². The molecule has 0 saturated carbocycles. The van der Waals surface area contributed by atoms with Crippen LogP contribution in [0.5, 0.6) is 5.75 Å². The van der Waals surface area contributed by atoms with E-state index in [9.17, 15) is 39.0 Å². The van der Waals surface area contributed by atoms with Gasteiger partial charge in [-0.1, -0.05) is 93.6 Å². The third-order valence-electron chi connectivity index (χ3n) is 8.92. The summed E-state index contributed by atoms with van der Waals surface area (Å²) in [6.07, 6.45) is 0.0639. The van der Waals surface area contributed by atoms with Crippen molar-refractivity contribution in [3.05, 3.63) is 81.3 Å². The predicted molar refractivity (Wildman–Crippen MR) is 212 cm³/mol. The van der Waals surface area contributed by atoms with Gasteiger partial charge in [0, 0.05) is 17.7 Å². The first-order valence-corrected chi connectivity index (χ1v) is 19.2. The summed E-state index contributed by atoms with van der Waals surface area (Å²) in [4.78, 5) is 73.7. The van der Waals surface area contributed by atoms with E-state index in [1.54, 1.807) is 30.3 Å². The average molecular weight is 853 g/mol. The van der Waals surface area contributed by atoms with E-state index in [-0.39, 0.29) is 58.7 Å². The molecule has 3 aromatic rings. The third kappa shape index (κ3) is 13.9. The van der Waals surface area contributed by atoms with Crippen LogP contribution in [0.1, 0.15) is 93.0 Å². The molecule has 5 atom stereocenters. The Hall–Kier alpha value is -4.34. The van der Waals surface area contributed by atoms with Gasteiger partial charge in [-0.05, 0) is 62.9 Å². The molecule has 3 aromatic carbocycles. The molecule has 1 aliphatic heterocycles. The van der Waals surface area contributed by atoms with Crippen LogP contribution < -0.4 is 50.6 Å². The van der Waals surface area contributed by atoms with E-state index in [0.717, 1.165) is 18.4 Å². The van der Waals surface area contributed by atoms with Gasteiger partial charge in [-0.3, -0.25) is 19.2 Å². The number of carbonyl (C=O) groups is 6. The Kier molecular flexibility index (Phi) is 20.5. The molecule has 5 unspecified atom stereocenters. The number of ether oxygens (including phenoxy) is 3. The Labute approximate surface area is 370 Å². The van der Waals surface area contributed by atoms with Gasteiger partial charge in [0.15, 0.2) is 17.9 Å². The topological polar surface area (TPSA) is 209 Å². The second-order valence-electron chi connectivity index (χ2n) is 13.9. The quantitative estimate of drug-likeness (QED) is 0.0459. The number of hydrogen-bond acceptors (Lipinski definition) is 12. The number of aryl methyl sites for hydroxylation is 1. The Morgan fingerprint density at radius 2 is 1.57 bits per heavy atom. The summed E-state index contributed by atoms with van der Waals surface area (Å²) in [5, 5.41) is 30.0. The second kappa shape index (κ2) is 23.9. The van der Waals surface area contributed by atoms with Crippen LogP contribution in [0.4, 0.5) is 17.1 Å². The van der Waals surface area contributed by atoms with Gasteiger partial charge in [-0.2, -0.15) is 0 Å². The van der Waals surface area contributed by atoms with Crippen molar-refractivity contribution in [2.45, 2.75) is 98.0 Å². The average Bonchev–Trinajstić information content (AvgIpc) is 3.17. The summed E-state index contributed by atoms with van der Waals surface area (Å²) in [7, 11) is 0. The van der Waals surface area contributed by atoms with Crippen molar-refractivity contribution in [2.24, 2.45) is 11.8 Å². The van der Waals surface area contributed by atoms with E-state index in [1.165, 1.54) is 38.1 Å². The molecule has 58 heavy (non-hydrogen) atoms. The molecule has 2 amide bonds. The second-order valence-corrected chi connectivity index (χ2v) is 14.7. The first kappa shape index (κ1) is 49.8. The standard InChI is InChI=1S/C27H38N2O9.C14H11Cl2NO2.Na/c1-6-7-8-10-19-24(38-21(31)13-15(2)3)17(5)37-27(35)22(16(4)36-26(19)34)29-25(33)18-11-9-12-20(23(18)32)28-14-30;1-8-6-7-10(15)13(12(8)16)17-11-5-3-2-4-9(11)14(18)19;/h9,11-12,14-17,19,22,24,32H,6-8,10,13H2,1-5H3,(H,28,30)(H,29,33);2-7,17H,1H3,(H,18,19);/q;;+1/p-1. The number of nitrogens with one attached hydrogen (secondary N) is 3. The molecule has 0 radical (unpaired) electrons. The number of anilines is 3. The summed E-state index contributed by atoms with van der Waals surface area (Å²) >= 11 is 12.2. The molecule has 0 bridgehead atoms. The zero-order valence-electron chi connectivity index (χ0n) is 33.6. The fourth-order valence-electron chi connectivity index (χ4n) is 5.90. The number of carboxylic acids is 1. The number of para-hydroxylation sites is 2. The minimum Gasteiger partial charge on any atom is -0.545 e. The number of cyclic esters (lactones) is 2. The molecule has 1 saturated heterocycles. The predicted octanol–water partition coefficient (Wildman–Crippen LogP) is 3.50. The Bertz CT molecular complexity index is 1930. The van der Waals surface area contributed by atoms with Gasteiger partial charge in [-0.15, -0.1) is 0 Å². The Morgan fingerprint density at radius 3 is 2.21 bits per heavy atom. The third-order valence-corrected chi connectivity index (χ3v) is 9.73. The molecule has 17 heteroatoms. The van der Waals surface area contributed by atoms with Gasteiger partial charge in [-0.25, -0.2) is 4.79 Å². The maximum Gasteiger partial charge on any atom is 1.00 e. The first-order chi connectivity index (χ1) is 27.0. The number of carboxylic acid groups (broad SMARTS) is 1. The maximum absolute atomic E-state index is 13.3. The van der Waals surface area contributed by atoms with Crippen molar-refractivity contribution in [1.29, 1.82) is 0 Å². The normalized spacial score (nSPS) is 18.9. The number of phenols is 1. The van der Waals surface area contributed by atoms with Crippen molar-refractivity contribution in [3.8, 4) is 5.75 Å². The van der Waals surface area contributed by atoms with Crippen molar-refractivity contribution >= 4 is 76.5 Å². The monoisotopic (exact) mass is 851 g/mol. The van der Waals surface area contributed by atoms with Crippen molar-refractivity contribution in [3.63, 3.8) is 0 Å². The molecule has 0 aromatic heterocycles. The number of rotatable bonds is 14. The number of halogens is 2. The van der Waals surface area contributed by atoms with E-state index in [4.69, 9.17) is 37.4 Å². The van der Waals surface area contributed by atoms with Crippen molar-refractivity contribution in [1.82, 2.24) is 5.32 Å². The SMILES string of the molecule is CCCCCC1C(=O)OC(C)C(NC(=O)c2cccc(NC=O)c2O)C(=O)OC(C)C1OC(=O)CC(C)C.Cc1ccc(Cl)c(Nc2ccccc2C(=O)[O-])c1Cl.[Na+]. The van der Waals surface area contributed by atoms with Crippen LogP contribution in [0.25, 0.3) is 0 Å². The van der Waals surface area contributed by atoms with Gasteiger partial charge < -0.3 is 45.2 Å². The first-order valence-electron chi connectivity index (χ1n) is 18.5. The van der Waals surface area contributed by atoms with Crippen LogP contribution in [0, 0.1) is 18.8 Å². The number of phenolic OH excluding ortho intramolecular Hbond substituents is 1. The molecule has 1 fully saturated rings. The van der Waals surface area contributed by atoms with Crippen LogP contribution in [0.3, 0.4) is 0 Å². The molecule has 4 rings (SSSR count). The Morgan fingerprint density at radius 1 is 0.931 bits per heavy atom. The number of hydrogen-bond donors (Lipinski definition) is 4. The smallest absolute Gasteiger partial charge is 0.545 e. The van der Waals surface area contributed by atoms with Crippen LogP contribution in [0.2, 0.25) is 10.0 Å². The maximum atomic E-state index is 13.3. The van der Waals surface area contributed by atoms with Crippen LogP contribution in [0.15, 0.2) is 54.6 Å².